The Hall–Kier alpha value is -2.05. The standard InChI is InChI=1S/C25H25Cl2N3O2.ClH/c26-20-10-15(11-21(27)24(20)32)14-1-6-22-18(9-14)23(30-17-4-2-16(28)3-5-17)19(12-29-22)25(13-31)7-8-25;/h1,6,9-13,16-17,32H,2-5,7-8,28H2,(H,29,30);1H. The molecule has 0 unspecified atom stereocenters. The molecule has 0 radical (unpaired) electrons. The van der Waals surface area contributed by atoms with E-state index < -0.39 is 5.41 Å². The molecule has 4 N–H and O–H groups in total. The Morgan fingerprint density at radius 2 is 1.73 bits per heavy atom. The van der Waals surface area contributed by atoms with E-state index in [1.165, 1.54) is 0 Å². The number of aldehydes is 1. The van der Waals surface area contributed by atoms with Crippen LogP contribution in [0, 0.1) is 0 Å². The van der Waals surface area contributed by atoms with E-state index in [1.54, 1.807) is 12.1 Å². The monoisotopic (exact) mass is 505 g/mol. The molecule has 174 valence electrons. The second kappa shape index (κ2) is 9.30. The van der Waals surface area contributed by atoms with Crippen LogP contribution in [0.1, 0.15) is 44.1 Å². The van der Waals surface area contributed by atoms with Gasteiger partial charge < -0.3 is 21.0 Å². The fourth-order valence-electron chi connectivity index (χ4n) is 4.69. The number of hydrogen-bond acceptors (Lipinski definition) is 5. The van der Waals surface area contributed by atoms with Crippen molar-refractivity contribution in [3.8, 4) is 16.9 Å². The number of nitrogens with two attached hydrogens (primary N) is 1. The number of aromatic nitrogens is 1. The first kappa shape index (κ1) is 24.1. The number of nitrogens with one attached hydrogen (secondary N) is 1. The van der Waals surface area contributed by atoms with Gasteiger partial charge in [-0.3, -0.25) is 4.98 Å². The molecule has 2 aliphatic carbocycles. The Morgan fingerprint density at radius 3 is 2.33 bits per heavy atom. The molecule has 0 aliphatic heterocycles. The van der Waals surface area contributed by atoms with Gasteiger partial charge >= 0.3 is 0 Å². The van der Waals surface area contributed by atoms with Crippen LogP contribution in [0.25, 0.3) is 22.0 Å². The highest BCUT2D eigenvalue weighted by atomic mass is 35.5. The first-order valence-electron chi connectivity index (χ1n) is 11.0. The van der Waals surface area contributed by atoms with Gasteiger partial charge in [-0.2, -0.15) is 0 Å². The number of pyridine rings is 1. The minimum Gasteiger partial charge on any atom is -0.505 e. The predicted octanol–water partition coefficient (Wildman–Crippen LogP) is 6.25. The quantitative estimate of drug-likeness (QED) is 0.356. The summed E-state index contributed by atoms with van der Waals surface area (Å²) in [5.41, 5.74) is 10.2. The maximum absolute atomic E-state index is 12.0. The van der Waals surface area contributed by atoms with Crippen molar-refractivity contribution in [3.63, 3.8) is 0 Å². The second-order valence-corrected chi connectivity index (χ2v) is 9.91. The van der Waals surface area contributed by atoms with Crippen LogP contribution in [-0.2, 0) is 10.2 Å². The molecular formula is C25H26Cl3N3O2. The minimum absolute atomic E-state index is 0. The van der Waals surface area contributed by atoms with E-state index in [-0.39, 0.29) is 34.2 Å². The van der Waals surface area contributed by atoms with Crippen LogP contribution < -0.4 is 11.1 Å². The molecule has 2 aliphatic rings. The van der Waals surface area contributed by atoms with Crippen LogP contribution in [-0.4, -0.2) is 28.5 Å². The fraction of sp³-hybridized carbons (Fsp3) is 0.360. The normalized spacial score (nSPS) is 21.3. The molecule has 0 atom stereocenters. The number of carbonyl (C=O) groups is 1. The average Bonchev–Trinajstić information content (AvgIpc) is 3.59. The summed E-state index contributed by atoms with van der Waals surface area (Å²) in [5.74, 6) is -0.124. The maximum atomic E-state index is 12.0. The summed E-state index contributed by atoms with van der Waals surface area (Å²) in [6.45, 7) is 0. The third-order valence-electron chi connectivity index (χ3n) is 6.89. The third kappa shape index (κ3) is 4.52. The molecule has 8 heteroatoms. The third-order valence-corrected chi connectivity index (χ3v) is 7.47. The number of fused-ring (bicyclic) bond motifs is 1. The number of benzene rings is 2. The highest BCUT2D eigenvalue weighted by molar-refractivity contribution is 6.37. The van der Waals surface area contributed by atoms with E-state index in [1.807, 2.05) is 18.3 Å². The maximum Gasteiger partial charge on any atom is 0.152 e. The van der Waals surface area contributed by atoms with Crippen LogP contribution in [0.5, 0.6) is 5.75 Å². The molecule has 0 saturated heterocycles. The molecule has 0 amide bonds. The van der Waals surface area contributed by atoms with Gasteiger partial charge in [0.2, 0.25) is 0 Å². The van der Waals surface area contributed by atoms with Crippen LogP contribution in [0.4, 0.5) is 5.69 Å². The van der Waals surface area contributed by atoms with Crippen molar-refractivity contribution in [2.75, 3.05) is 5.32 Å². The highest BCUT2D eigenvalue weighted by Crippen LogP contribution is 2.50. The topological polar surface area (TPSA) is 88.2 Å². The molecule has 1 heterocycles. The number of anilines is 1. The zero-order valence-corrected chi connectivity index (χ0v) is 20.3. The van der Waals surface area contributed by atoms with Gasteiger partial charge in [0.05, 0.1) is 21.0 Å². The Labute approximate surface area is 209 Å². The molecule has 1 aromatic heterocycles. The summed E-state index contributed by atoms with van der Waals surface area (Å²) in [4.78, 5) is 16.7. The van der Waals surface area contributed by atoms with E-state index in [4.69, 9.17) is 28.9 Å². The van der Waals surface area contributed by atoms with Gasteiger partial charge in [-0.1, -0.05) is 29.3 Å². The zero-order chi connectivity index (χ0) is 22.5. The minimum atomic E-state index is -0.449. The Balaban J connectivity index is 0.00000259. The van der Waals surface area contributed by atoms with Gasteiger partial charge in [0.25, 0.3) is 0 Å². The number of halogens is 3. The summed E-state index contributed by atoms with van der Waals surface area (Å²) in [5, 5.41) is 15.1. The number of aromatic hydroxyl groups is 1. The van der Waals surface area contributed by atoms with Crippen LogP contribution in [0.2, 0.25) is 10.0 Å². The Kier molecular flexibility index (Phi) is 6.79. The van der Waals surface area contributed by atoms with Crippen molar-refractivity contribution >= 4 is 58.5 Å². The number of nitrogens with zero attached hydrogens (tertiary/aromatic N) is 1. The summed E-state index contributed by atoms with van der Waals surface area (Å²) in [6.07, 6.45) is 8.60. The molecule has 2 fully saturated rings. The number of carbonyl (C=O) groups excluding carboxylic acids is 1. The number of hydrogen-bond donors (Lipinski definition) is 3. The zero-order valence-electron chi connectivity index (χ0n) is 18.0. The van der Waals surface area contributed by atoms with E-state index in [2.05, 4.69) is 16.4 Å². The summed E-state index contributed by atoms with van der Waals surface area (Å²) < 4.78 is 0. The molecule has 5 nitrogen and oxygen atoms in total. The van der Waals surface area contributed by atoms with Crippen LogP contribution in [0.3, 0.4) is 0 Å². The van der Waals surface area contributed by atoms with Gasteiger partial charge in [-0.15, -0.1) is 12.4 Å². The lowest BCUT2D eigenvalue weighted by molar-refractivity contribution is -0.109. The lowest BCUT2D eigenvalue weighted by Gasteiger charge is -2.29. The average molecular weight is 507 g/mol. The molecule has 0 spiro atoms. The summed E-state index contributed by atoms with van der Waals surface area (Å²) in [6, 6.07) is 9.96. The van der Waals surface area contributed by atoms with Crippen molar-refractivity contribution in [2.24, 2.45) is 5.73 Å². The lowest BCUT2D eigenvalue weighted by Crippen LogP contribution is -2.33. The van der Waals surface area contributed by atoms with Crippen molar-refractivity contribution < 1.29 is 9.90 Å². The van der Waals surface area contributed by atoms with Gasteiger partial charge in [-0.25, -0.2) is 0 Å². The van der Waals surface area contributed by atoms with Gasteiger partial charge in [-0.05, 0) is 73.9 Å². The SMILES string of the molecule is Cl.NC1CCC(Nc2c(C3(C=O)CC3)cnc3ccc(-c4cc(Cl)c(O)c(Cl)c4)cc23)CC1. The molecule has 0 bridgehead atoms. The van der Waals surface area contributed by atoms with Crippen molar-refractivity contribution in [3.05, 3.63) is 52.1 Å². The van der Waals surface area contributed by atoms with Gasteiger partial charge in [0.1, 0.15) is 6.29 Å². The predicted molar refractivity (Wildman–Crippen MR) is 137 cm³/mol. The van der Waals surface area contributed by atoms with Crippen LogP contribution >= 0.6 is 35.6 Å². The highest BCUT2D eigenvalue weighted by Gasteiger charge is 2.46. The molecular weight excluding hydrogens is 481 g/mol. The second-order valence-electron chi connectivity index (χ2n) is 9.10. The summed E-state index contributed by atoms with van der Waals surface area (Å²) in [7, 11) is 0. The first-order chi connectivity index (χ1) is 15.4. The molecule has 3 aromatic rings. The van der Waals surface area contributed by atoms with Crippen LogP contribution in [0.15, 0.2) is 36.5 Å². The smallest absolute Gasteiger partial charge is 0.152 e. The van der Waals surface area contributed by atoms with E-state index in [0.717, 1.165) is 78.1 Å². The Morgan fingerprint density at radius 1 is 1.06 bits per heavy atom. The van der Waals surface area contributed by atoms with Gasteiger partial charge in [0.15, 0.2) is 5.75 Å². The van der Waals surface area contributed by atoms with Crippen molar-refractivity contribution in [1.82, 2.24) is 4.98 Å². The molecule has 33 heavy (non-hydrogen) atoms. The van der Waals surface area contributed by atoms with E-state index >= 15 is 0 Å². The first-order valence-corrected chi connectivity index (χ1v) is 11.8. The van der Waals surface area contributed by atoms with Crippen molar-refractivity contribution in [2.45, 2.75) is 56.0 Å². The molecule has 2 aromatic carbocycles. The molecule has 2 saturated carbocycles. The van der Waals surface area contributed by atoms with E-state index in [0.29, 0.717) is 6.04 Å². The number of phenols is 1. The van der Waals surface area contributed by atoms with Crippen molar-refractivity contribution in [1.29, 1.82) is 0 Å². The summed E-state index contributed by atoms with van der Waals surface area (Å²) >= 11 is 12.3. The van der Waals surface area contributed by atoms with Gasteiger partial charge in [0, 0.05) is 34.9 Å². The number of phenolic OH excluding ortho intramolecular Hbond substituents is 1. The molecule has 5 rings (SSSR count). The number of rotatable bonds is 5. The Bertz CT molecular complexity index is 1180. The largest absolute Gasteiger partial charge is 0.505 e. The fourth-order valence-corrected chi connectivity index (χ4v) is 5.18. The lowest BCUT2D eigenvalue weighted by atomic mass is 9.89. The van der Waals surface area contributed by atoms with E-state index in [9.17, 15) is 9.90 Å².